The molecule has 1 fully saturated rings. The number of amides is 3. The molecule has 2 N–H and O–H groups in total. The molecule has 0 aliphatic carbocycles. The number of anilines is 3. The van der Waals surface area contributed by atoms with Gasteiger partial charge in [-0.2, -0.15) is 0 Å². The molecule has 3 amide bonds. The maximum Gasteiger partial charge on any atom is 0.229 e. The standard InChI is InChI=1S/C21H22ClN3O3/c1-3-14-5-4-6-17(9-14)25-12-15(10-20(25)27)21(28)24-16-7-8-19(18(22)11-16)23-13(2)26/h4-9,11,15H,3,10,12H2,1-2H3,(H,23,26)(H,24,28). The first-order valence-corrected chi connectivity index (χ1v) is 9.52. The molecule has 2 aromatic rings. The van der Waals surface area contributed by atoms with Gasteiger partial charge in [-0.3, -0.25) is 14.4 Å². The van der Waals surface area contributed by atoms with Crippen molar-refractivity contribution in [3.05, 3.63) is 53.1 Å². The highest BCUT2D eigenvalue weighted by atomic mass is 35.5. The zero-order valence-corrected chi connectivity index (χ0v) is 16.5. The van der Waals surface area contributed by atoms with Crippen molar-refractivity contribution in [3.8, 4) is 0 Å². The van der Waals surface area contributed by atoms with Gasteiger partial charge in [0.2, 0.25) is 17.7 Å². The Bertz CT molecular complexity index is 929. The number of carbonyl (C=O) groups excluding carboxylic acids is 3. The minimum Gasteiger partial charge on any atom is -0.326 e. The Balaban J connectivity index is 1.67. The summed E-state index contributed by atoms with van der Waals surface area (Å²) in [5, 5.41) is 5.75. The topological polar surface area (TPSA) is 78.5 Å². The highest BCUT2D eigenvalue weighted by molar-refractivity contribution is 6.34. The Morgan fingerprint density at radius 1 is 1.18 bits per heavy atom. The number of rotatable bonds is 5. The number of benzene rings is 2. The highest BCUT2D eigenvalue weighted by Crippen LogP contribution is 2.29. The molecule has 0 radical (unpaired) electrons. The lowest BCUT2D eigenvalue weighted by Gasteiger charge is -2.17. The SMILES string of the molecule is CCc1cccc(N2CC(C(=O)Nc3ccc(NC(C)=O)c(Cl)c3)CC2=O)c1. The Labute approximate surface area is 168 Å². The van der Waals surface area contributed by atoms with Crippen LogP contribution in [0, 0.1) is 5.92 Å². The van der Waals surface area contributed by atoms with Crippen LogP contribution in [-0.4, -0.2) is 24.3 Å². The van der Waals surface area contributed by atoms with Crippen LogP contribution in [0.2, 0.25) is 5.02 Å². The molecule has 1 saturated heterocycles. The fraction of sp³-hybridized carbons (Fsp3) is 0.286. The van der Waals surface area contributed by atoms with Gasteiger partial charge in [0.1, 0.15) is 0 Å². The second-order valence-electron chi connectivity index (χ2n) is 6.79. The summed E-state index contributed by atoms with van der Waals surface area (Å²) < 4.78 is 0. The summed E-state index contributed by atoms with van der Waals surface area (Å²) in [6.45, 7) is 3.80. The molecule has 0 spiro atoms. The Hall–Kier alpha value is -2.86. The third kappa shape index (κ3) is 4.51. The van der Waals surface area contributed by atoms with Crippen molar-refractivity contribution in [2.45, 2.75) is 26.7 Å². The van der Waals surface area contributed by atoms with Crippen LogP contribution in [0.5, 0.6) is 0 Å². The number of halogens is 1. The van der Waals surface area contributed by atoms with E-state index >= 15 is 0 Å². The van der Waals surface area contributed by atoms with E-state index in [1.54, 1.807) is 23.1 Å². The summed E-state index contributed by atoms with van der Waals surface area (Å²) in [5.41, 5.74) is 2.96. The van der Waals surface area contributed by atoms with Gasteiger partial charge in [0.25, 0.3) is 0 Å². The molecule has 1 aliphatic heterocycles. The molecule has 28 heavy (non-hydrogen) atoms. The van der Waals surface area contributed by atoms with Gasteiger partial charge in [-0.15, -0.1) is 0 Å². The lowest BCUT2D eigenvalue weighted by Crippen LogP contribution is -2.28. The molecular weight excluding hydrogens is 378 g/mol. The van der Waals surface area contributed by atoms with Crippen LogP contribution < -0.4 is 15.5 Å². The molecule has 0 aromatic heterocycles. The molecule has 7 heteroatoms. The lowest BCUT2D eigenvalue weighted by molar-refractivity contribution is -0.122. The minimum absolute atomic E-state index is 0.0626. The summed E-state index contributed by atoms with van der Waals surface area (Å²) in [7, 11) is 0. The van der Waals surface area contributed by atoms with E-state index in [1.165, 1.54) is 6.92 Å². The van der Waals surface area contributed by atoms with Gasteiger partial charge in [0.15, 0.2) is 0 Å². The molecule has 0 saturated carbocycles. The zero-order valence-electron chi connectivity index (χ0n) is 15.8. The largest absolute Gasteiger partial charge is 0.326 e. The minimum atomic E-state index is -0.438. The molecule has 146 valence electrons. The molecule has 6 nitrogen and oxygen atoms in total. The maximum absolute atomic E-state index is 12.6. The van der Waals surface area contributed by atoms with E-state index in [2.05, 4.69) is 17.6 Å². The van der Waals surface area contributed by atoms with Gasteiger partial charge in [-0.1, -0.05) is 30.7 Å². The molecule has 1 heterocycles. The fourth-order valence-corrected chi connectivity index (χ4v) is 3.43. The molecule has 3 rings (SSSR count). The molecule has 1 atom stereocenters. The van der Waals surface area contributed by atoms with Crippen molar-refractivity contribution in [1.29, 1.82) is 0 Å². The Morgan fingerprint density at radius 3 is 2.64 bits per heavy atom. The Morgan fingerprint density at radius 2 is 1.96 bits per heavy atom. The van der Waals surface area contributed by atoms with Crippen LogP contribution in [0.4, 0.5) is 17.1 Å². The van der Waals surface area contributed by atoms with Crippen LogP contribution in [-0.2, 0) is 20.8 Å². The predicted molar refractivity (Wildman–Crippen MR) is 111 cm³/mol. The van der Waals surface area contributed by atoms with E-state index in [0.29, 0.717) is 22.9 Å². The summed E-state index contributed by atoms with van der Waals surface area (Å²) >= 11 is 6.14. The number of carbonyl (C=O) groups is 3. The molecule has 1 unspecified atom stereocenters. The third-order valence-electron chi connectivity index (χ3n) is 4.67. The number of hydrogen-bond acceptors (Lipinski definition) is 3. The van der Waals surface area contributed by atoms with Crippen molar-refractivity contribution < 1.29 is 14.4 Å². The predicted octanol–water partition coefficient (Wildman–Crippen LogP) is 3.85. The number of hydrogen-bond donors (Lipinski definition) is 2. The van der Waals surface area contributed by atoms with Crippen LogP contribution >= 0.6 is 11.6 Å². The second kappa shape index (κ2) is 8.44. The average molecular weight is 400 g/mol. The second-order valence-corrected chi connectivity index (χ2v) is 7.20. The van der Waals surface area contributed by atoms with Crippen molar-refractivity contribution >= 4 is 46.4 Å². The van der Waals surface area contributed by atoms with Crippen LogP contribution in [0.15, 0.2) is 42.5 Å². The zero-order chi connectivity index (χ0) is 20.3. The first-order valence-electron chi connectivity index (χ1n) is 9.14. The molecular formula is C21H22ClN3O3. The van der Waals surface area contributed by atoms with Crippen molar-refractivity contribution in [3.63, 3.8) is 0 Å². The van der Waals surface area contributed by atoms with Gasteiger partial charge in [-0.05, 0) is 42.3 Å². The normalized spacial score (nSPS) is 16.2. The van der Waals surface area contributed by atoms with Gasteiger partial charge < -0.3 is 15.5 Å². The van der Waals surface area contributed by atoms with Crippen LogP contribution in [0.1, 0.15) is 25.8 Å². The van der Waals surface area contributed by atoms with Crippen molar-refractivity contribution in [2.75, 3.05) is 22.1 Å². The van der Waals surface area contributed by atoms with E-state index in [9.17, 15) is 14.4 Å². The Kier molecular flexibility index (Phi) is 5.99. The summed E-state index contributed by atoms with van der Waals surface area (Å²) in [6.07, 6.45) is 1.05. The van der Waals surface area contributed by atoms with Crippen molar-refractivity contribution in [2.24, 2.45) is 5.92 Å². The lowest BCUT2D eigenvalue weighted by atomic mass is 10.1. The molecule has 2 aromatic carbocycles. The highest BCUT2D eigenvalue weighted by Gasteiger charge is 2.35. The monoisotopic (exact) mass is 399 g/mol. The fourth-order valence-electron chi connectivity index (χ4n) is 3.21. The van der Waals surface area contributed by atoms with Crippen molar-refractivity contribution in [1.82, 2.24) is 0 Å². The van der Waals surface area contributed by atoms with E-state index in [1.807, 2.05) is 24.3 Å². The molecule has 1 aliphatic rings. The third-order valence-corrected chi connectivity index (χ3v) is 4.99. The summed E-state index contributed by atoms with van der Waals surface area (Å²) in [4.78, 5) is 37.9. The number of nitrogens with zero attached hydrogens (tertiary/aromatic N) is 1. The summed E-state index contributed by atoms with van der Waals surface area (Å²) in [5.74, 6) is -0.958. The van der Waals surface area contributed by atoms with E-state index in [4.69, 9.17) is 11.6 Å². The van der Waals surface area contributed by atoms with Crippen LogP contribution in [0.3, 0.4) is 0 Å². The smallest absolute Gasteiger partial charge is 0.229 e. The first-order chi connectivity index (χ1) is 13.4. The maximum atomic E-state index is 12.6. The molecule has 0 bridgehead atoms. The van der Waals surface area contributed by atoms with Gasteiger partial charge in [0, 0.05) is 31.3 Å². The van der Waals surface area contributed by atoms with Gasteiger partial charge in [0.05, 0.1) is 16.6 Å². The first kappa shape index (κ1) is 19.9. The van der Waals surface area contributed by atoms with Gasteiger partial charge >= 0.3 is 0 Å². The number of nitrogens with one attached hydrogen (secondary N) is 2. The van der Waals surface area contributed by atoms with E-state index in [0.717, 1.165) is 17.7 Å². The average Bonchev–Trinajstić information content (AvgIpc) is 3.05. The number of aryl methyl sites for hydroxylation is 1. The van der Waals surface area contributed by atoms with E-state index < -0.39 is 5.92 Å². The van der Waals surface area contributed by atoms with Crippen LogP contribution in [0.25, 0.3) is 0 Å². The quantitative estimate of drug-likeness (QED) is 0.801. The summed E-state index contributed by atoms with van der Waals surface area (Å²) in [6, 6.07) is 12.7. The van der Waals surface area contributed by atoms with Gasteiger partial charge in [-0.25, -0.2) is 0 Å². The van der Waals surface area contributed by atoms with E-state index in [-0.39, 0.29) is 24.1 Å².